The second kappa shape index (κ2) is 9.21. The van der Waals surface area contributed by atoms with E-state index in [1.807, 2.05) is 0 Å². The van der Waals surface area contributed by atoms with E-state index in [-0.39, 0.29) is 6.16 Å². The molecule has 0 saturated carbocycles. The van der Waals surface area contributed by atoms with Gasteiger partial charge in [-0.05, 0) is 12.3 Å². The fraction of sp³-hybridized carbons (Fsp3) is 1.00. The molecule has 0 heterocycles. The molecule has 16 heavy (non-hydrogen) atoms. The van der Waals surface area contributed by atoms with Crippen molar-refractivity contribution in [3.8, 4) is 0 Å². The minimum absolute atomic E-state index is 0.0543. The van der Waals surface area contributed by atoms with Gasteiger partial charge in [0.2, 0.25) is 0 Å². The lowest BCUT2D eigenvalue weighted by atomic mass is 9.93. The molecule has 1 atom stereocenters. The Morgan fingerprint density at radius 2 is 1.62 bits per heavy atom. The topological polar surface area (TPSA) is 57.5 Å². The second-order valence-corrected chi connectivity index (χ2v) is 6.43. The maximum absolute atomic E-state index is 10.6. The van der Waals surface area contributed by atoms with Crippen molar-refractivity contribution in [1.82, 2.24) is 0 Å². The lowest BCUT2D eigenvalue weighted by Crippen LogP contribution is -1.99. The van der Waals surface area contributed by atoms with Crippen LogP contribution >= 0.6 is 7.60 Å². The molecule has 0 spiro atoms. The van der Waals surface area contributed by atoms with Gasteiger partial charge in [-0.25, -0.2) is 0 Å². The Labute approximate surface area is 99.8 Å². The van der Waals surface area contributed by atoms with Crippen LogP contribution in [-0.4, -0.2) is 15.9 Å². The number of hydrogen-bond donors (Lipinski definition) is 2. The van der Waals surface area contributed by atoms with Gasteiger partial charge in [0, 0.05) is 6.16 Å². The lowest BCUT2D eigenvalue weighted by Gasteiger charge is -2.13. The third kappa shape index (κ3) is 10.7. The molecule has 0 aliphatic rings. The zero-order valence-electron chi connectivity index (χ0n) is 10.7. The highest BCUT2D eigenvalue weighted by molar-refractivity contribution is 7.51. The molecule has 0 radical (unpaired) electrons. The molecule has 0 fully saturated rings. The lowest BCUT2D eigenvalue weighted by molar-refractivity contribution is 0.368. The van der Waals surface area contributed by atoms with Gasteiger partial charge < -0.3 is 9.79 Å². The van der Waals surface area contributed by atoms with E-state index < -0.39 is 7.60 Å². The highest BCUT2D eigenvalue weighted by Crippen LogP contribution is 2.35. The average Bonchev–Trinajstić information content (AvgIpc) is 2.20. The first-order valence-electron chi connectivity index (χ1n) is 6.54. The summed E-state index contributed by atoms with van der Waals surface area (Å²) < 4.78 is 10.6. The van der Waals surface area contributed by atoms with E-state index >= 15 is 0 Å². The van der Waals surface area contributed by atoms with Crippen LogP contribution in [0.4, 0.5) is 0 Å². The van der Waals surface area contributed by atoms with Crippen LogP contribution in [0.15, 0.2) is 0 Å². The van der Waals surface area contributed by atoms with E-state index in [0.717, 1.165) is 18.8 Å². The molecule has 0 amide bonds. The molecular formula is C12H27O3P. The molecule has 1 unspecified atom stereocenters. The number of hydrogen-bond acceptors (Lipinski definition) is 1. The third-order valence-electron chi connectivity index (χ3n) is 3.11. The largest absolute Gasteiger partial charge is 0.325 e. The van der Waals surface area contributed by atoms with Crippen LogP contribution < -0.4 is 0 Å². The Balaban J connectivity index is 3.44. The molecule has 0 aromatic rings. The van der Waals surface area contributed by atoms with Gasteiger partial charge >= 0.3 is 7.60 Å². The number of unbranched alkanes of at least 4 members (excludes halogenated alkanes) is 3. The monoisotopic (exact) mass is 250 g/mol. The molecule has 0 aromatic carbocycles. The normalized spacial score (nSPS) is 14.0. The first-order chi connectivity index (χ1) is 7.49. The van der Waals surface area contributed by atoms with Crippen molar-refractivity contribution in [3.63, 3.8) is 0 Å². The molecule has 0 rings (SSSR count). The van der Waals surface area contributed by atoms with Crippen LogP contribution in [0.2, 0.25) is 0 Å². The zero-order valence-corrected chi connectivity index (χ0v) is 11.6. The van der Waals surface area contributed by atoms with E-state index in [9.17, 15) is 4.57 Å². The fourth-order valence-electron chi connectivity index (χ4n) is 1.97. The van der Waals surface area contributed by atoms with Crippen LogP contribution in [0.5, 0.6) is 0 Å². The molecule has 2 N–H and O–H groups in total. The highest BCUT2D eigenvalue weighted by atomic mass is 31.2. The van der Waals surface area contributed by atoms with Gasteiger partial charge in [0.05, 0.1) is 0 Å². The summed E-state index contributed by atoms with van der Waals surface area (Å²) in [7, 11) is -3.75. The van der Waals surface area contributed by atoms with Gasteiger partial charge in [-0.1, -0.05) is 58.8 Å². The minimum atomic E-state index is -3.75. The predicted octanol–water partition coefficient (Wildman–Crippen LogP) is 3.94. The molecular weight excluding hydrogens is 223 g/mol. The van der Waals surface area contributed by atoms with E-state index in [1.165, 1.54) is 32.1 Å². The molecule has 0 saturated heterocycles. The standard InChI is InChI=1S/C12H27O3P/c1-3-5-9-12(4-2)10-7-6-8-11-16(13,14)15/h12H,3-11H2,1-2H3,(H2,13,14,15). The van der Waals surface area contributed by atoms with Crippen molar-refractivity contribution in [2.75, 3.05) is 6.16 Å². The first kappa shape index (κ1) is 16.1. The van der Waals surface area contributed by atoms with Crippen LogP contribution in [0.3, 0.4) is 0 Å². The van der Waals surface area contributed by atoms with Crippen molar-refractivity contribution < 1.29 is 14.4 Å². The van der Waals surface area contributed by atoms with Gasteiger partial charge in [-0.2, -0.15) is 0 Å². The summed E-state index contributed by atoms with van der Waals surface area (Å²) in [5, 5.41) is 0. The smallest absolute Gasteiger partial charge is 0.324 e. The third-order valence-corrected chi connectivity index (χ3v) is 4.00. The predicted molar refractivity (Wildman–Crippen MR) is 68.7 cm³/mol. The molecule has 0 aliphatic carbocycles. The van der Waals surface area contributed by atoms with E-state index in [0.29, 0.717) is 6.42 Å². The molecule has 0 bridgehead atoms. The Kier molecular flexibility index (Phi) is 9.29. The van der Waals surface area contributed by atoms with Crippen LogP contribution in [0, 0.1) is 5.92 Å². The molecule has 98 valence electrons. The van der Waals surface area contributed by atoms with Crippen molar-refractivity contribution in [3.05, 3.63) is 0 Å². The summed E-state index contributed by atoms with van der Waals surface area (Å²) in [4.78, 5) is 17.4. The summed E-state index contributed by atoms with van der Waals surface area (Å²) in [6.45, 7) is 4.45. The number of rotatable bonds is 10. The molecule has 3 nitrogen and oxygen atoms in total. The average molecular weight is 250 g/mol. The second-order valence-electron chi connectivity index (χ2n) is 4.65. The van der Waals surface area contributed by atoms with E-state index in [4.69, 9.17) is 9.79 Å². The SMILES string of the molecule is CCCCC(CC)CCCCCP(=O)(O)O. The molecule has 4 heteroatoms. The van der Waals surface area contributed by atoms with Crippen molar-refractivity contribution >= 4 is 7.60 Å². The van der Waals surface area contributed by atoms with Gasteiger partial charge in [0.1, 0.15) is 0 Å². The Morgan fingerprint density at radius 3 is 2.12 bits per heavy atom. The maximum Gasteiger partial charge on any atom is 0.325 e. The van der Waals surface area contributed by atoms with Crippen molar-refractivity contribution in [2.45, 2.75) is 65.2 Å². The van der Waals surface area contributed by atoms with Crippen LogP contribution in [0.25, 0.3) is 0 Å². The quantitative estimate of drug-likeness (QED) is 0.456. The minimum Gasteiger partial charge on any atom is -0.324 e. The summed E-state index contributed by atoms with van der Waals surface area (Å²) in [6.07, 6.45) is 9.11. The summed E-state index contributed by atoms with van der Waals surface area (Å²) in [5.74, 6) is 0.815. The fourth-order valence-corrected chi connectivity index (χ4v) is 2.61. The Morgan fingerprint density at radius 1 is 1.00 bits per heavy atom. The Bertz CT molecular complexity index is 200. The van der Waals surface area contributed by atoms with E-state index in [1.54, 1.807) is 0 Å². The summed E-state index contributed by atoms with van der Waals surface area (Å²) in [5.41, 5.74) is 0. The van der Waals surface area contributed by atoms with Crippen molar-refractivity contribution in [2.24, 2.45) is 5.92 Å². The van der Waals surface area contributed by atoms with Gasteiger partial charge in [-0.15, -0.1) is 0 Å². The molecule has 0 aromatic heterocycles. The zero-order chi connectivity index (χ0) is 12.4. The van der Waals surface area contributed by atoms with E-state index in [2.05, 4.69) is 13.8 Å². The Hall–Kier alpha value is 0.150. The van der Waals surface area contributed by atoms with Gasteiger partial charge in [-0.3, -0.25) is 4.57 Å². The summed E-state index contributed by atoms with van der Waals surface area (Å²) >= 11 is 0. The summed E-state index contributed by atoms with van der Waals surface area (Å²) in [6, 6.07) is 0. The molecule has 0 aliphatic heterocycles. The van der Waals surface area contributed by atoms with Gasteiger partial charge in [0.25, 0.3) is 0 Å². The van der Waals surface area contributed by atoms with Crippen molar-refractivity contribution in [1.29, 1.82) is 0 Å². The van der Waals surface area contributed by atoms with Crippen LogP contribution in [-0.2, 0) is 4.57 Å². The highest BCUT2D eigenvalue weighted by Gasteiger charge is 2.11. The van der Waals surface area contributed by atoms with Gasteiger partial charge in [0.15, 0.2) is 0 Å². The first-order valence-corrected chi connectivity index (χ1v) is 8.34. The maximum atomic E-state index is 10.6. The van der Waals surface area contributed by atoms with Crippen LogP contribution in [0.1, 0.15) is 65.2 Å².